The zero-order valence-electron chi connectivity index (χ0n) is 27.7. The van der Waals surface area contributed by atoms with Gasteiger partial charge in [-0.1, -0.05) is 61.8 Å². The van der Waals surface area contributed by atoms with Crippen molar-refractivity contribution < 1.29 is 51.5 Å². The summed E-state index contributed by atoms with van der Waals surface area (Å²) in [4.78, 5) is 0. The van der Waals surface area contributed by atoms with Crippen LogP contribution in [0.4, 0.5) is 0 Å². The quantitative estimate of drug-likeness (QED) is 0.221. The lowest BCUT2D eigenvalue weighted by molar-refractivity contribution is -0.228. The van der Waals surface area contributed by atoms with Gasteiger partial charge in [0.1, 0.15) is 12.2 Å². The van der Waals surface area contributed by atoms with Crippen molar-refractivity contribution in [3.63, 3.8) is 0 Å². The van der Waals surface area contributed by atoms with E-state index in [0.717, 1.165) is 32.1 Å². The Kier molecular flexibility index (Phi) is 10.1. The van der Waals surface area contributed by atoms with Gasteiger partial charge in [0, 0.05) is 0 Å². The highest BCUT2D eigenvalue weighted by atomic mass is 32.3. The molecule has 15 heteroatoms. The highest BCUT2D eigenvalue weighted by molar-refractivity contribution is 7.81. The van der Waals surface area contributed by atoms with E-state index in [4.69, 9.17) is 8.37 Å². The minimum absolute atomic E-state index is 0.0517. The van der Waals surface area contributed by atoms with Gasteiger partial charge < -0.3 is 13.7 Å². The monoisotopic (exact) mass is 699 g/mol. The molecule has 12 nitrogen and oxygen atoms in total. The third-order valence-corrected chi connectivity index (χ3v) is 14.9. The lowest BCUT2D eigenvalue weighted by atomic mass is 9.37. The van der Waals surface area contributed by atoms with Gasteiger partial charge in [0.15, 0.2) is 0 Å². The molecule has 0 spiro atoms. The number of hydrogen-bond donors (Lipinski definition) is 0. The molecule has 2 unspecified atom stereocenters. The Bertz CT molecular complexity index is 1420. The molecule has 0 aromatic rings. The molecule has 0 radical (unpaired) electrons. The second-order valence-corrected chi connectivity index (χ2v) is 19.5. The lowest BCUT2D eigenvalue weighted by Gasteiger charge is -2.68. The molecule has 0 aliphatic heterocycles. The van der Waals surface area contributed by atoms with E-state index < -0.39 is 66.3 Å². The van der Waals surface area contributed by atoms with Crippen molar-refractivity contribution in [2.45, 2.75) is 131 Å². The molecule has 4 aliphatic rings. The maximum absolute atomic E-state index is 12.0. The molecule has 0 amide bonds. The number of rotatable bonds is 10. The zero-order chi connectivity index (χ0) is 34.2. The third-order valence-electron chi connectivity index (χ3n) is 13.5. The minimum Gasteiger partial charge on any atom is -0.726 e. The van der Waals surface area contributed by atoms with Crippen molar-refractivity contribution in [1.29, 1.82) is 0 Å². The van der Waals surface area contributed by atoms with Crippen molar-refractivity contribution >= 4 is 31.2 Å². The van der Waals surface area contributed by atoms with Crippen LogP contribution in [-0.2, 0) is 43.7 Å². The van der Waals surface area contributed by atoms with Crippen LogP contribution in [0.15, 0.2) is 0 Å². The summed E-state index contributed by atoms with van der Waals surface area (Å²) in [7, 11) is -15.9. The van der Waals surface area contributed by atoms with Gasteiger partial charge in [0.2, 0.25) is 31.2 Å². The van der Waals surface area contributed by atoms with Gasteiger partial charge >= 0.3 is 0 Å². The Morgan fingerprint density at radius 2 is 1.20 bits per heavy atom. The molecule has 4 rings (SSSR count). The highest BCUT2D eigenvalue weighted by Crippen LogP contribution is 2.73. The van der Waals surface area contributed by atoms with Crippen LogP contribution in [-0.4, -0.2) is 57.2 Å². The van der Waals surface area contributed by atoms with Crippen LogP contribution in [0.1, 0.15) is 113 Å². The standard InChI is InChI=1S/C30H54O12S3/c1-18(9-10-19(2)27(3,4)5)20-11-12-21-22-15-24(40-43(31,32)33)23-16-25(41-44(34,35)36)26(42-45(37,38)39)17-30(23,8)29(22,7)14-13-28(20,21)6/h18-26H,9-17H2,1-8H3,(H,31,32,33)(H,34,35,36)(H,37,38,39)/p-3/t18-,19?,20?,21+,22+,23-,24+,25+,26-,28-,29+,30+/m1/s1. The molecular weight excluding hydrogens is 649 g/mol. The third kappa shape index (κ3) is 7.61. The summed E-state index contributed by atoms with van der Waals surface area (Å²) in [5, 5.41) is 0. The van der Waals surface area contributed by atoms with Gasteiger partial charge in [-0.25, -0.2) is 25.3 Å². The first-order valence-electron chi connectivity index (χ1n) is 16.1. The van der Waals surface area contributed by atoms with Gasteiger partial charge in [-0.3, -0.25) is 12.5 Å². The van der Waals surface area contributed by atoms with Gasteiger partial charge in [0.05, 0.1) is 6.10 Å². The molecule has 264 valence electrons. The smallest absolute Gasteiger partial charge is 0.217 e. The predicted molar refractivity (Wildman–Crippen MR) is 161 cm³/mol. The summed E-state index contributed by atoms with van der Waals surface area (Å²) in [5.41, 5.74) is -1.33. The fourth-order valence-corrected chi connectivity index (χ4v) is 12.0. The van der Waals surface area contributed by atoms with Crippen LogP contribution in [0.2, 0.25) is 0 Å². The van der Waals surface area contributed by atoms with E-state index >= 15 is 0 Å². The summed E-state index contributed by atoms with van der Waals surface area (Å²) in [5.74, 6) is 0.728. The summed E-state index contributed by atoms with van der Waals surface area (Å²) >= 11 is 0. The molecule has 0 aromatic heterocycles. The Labute approximate surface area is 270 Å². The van der Waals surface area contributed by atoms with Gasteiger partial charge in [-0.15, -0.1) is 0 Å². The summed E-state index contributed by atoms with van der Waals surface area (Å²) in [6, 6.07) is 0. The molecule has 12 atom stereocenters. The largest absolute Gasteiger partial charge is 0.726 e. The molecule has 0 aromatic carbocycles. The van der Waals surface area contributed by atoms with Crippen molar-refractivity contribution in [3.05, 3.63) is 0 Å². The molecule has 0 heterocycles. The first kappa shape index (κ1) is 37.4. The number of fused-ring (bicyclic) bond motifs is 5. The fraction of sp³-hybridized carbons (Fsp3) is 1.00. The van der Waals surface area contributed by atoms with Gasteiger partial charge in [-0.05, 0) is 109 Å². The van der Waals surface area contributed by atoms with E-state index in [2.05, 4.69) is 52.6 Å². The summed E-state index contributed by atoms with van der Waals surface area (Å²) < 4.78 is 121. The minimum atomic E-state index is -5.36. The normalized spacial score (nSPS) is 42.3. The molecule has 4 saturated carbocycles. The highest BCUT2D eigenvalue weighted by Gasteiger charge is 2.69. The van der Waals surface area contributed by atoms with E-state index in [1.54, 1.807) is 0 Å². The maximum atomic E-state index is 12.0. The Hall–Kier alpha value is -0.390. The molecule has 45 heavy (non-hydrogen) atoms. The van der Waals surface area contributed by atoms with Crippen molar-refractivity contribution in [2.75, 3.05) is 0 Å². The average molecular weight is 700 g/mol. The first-order valence-corrected chi connectivity index (χ1v) is 20.1. The second kappa shape index (κ2) is 12.2. The van der Waals surface area contributed by atoms with Crippen LogP contribution >= 0.6 is 0 Å². The maximum Gasteiger partial charge on any atom is 0.217 e. The van der Waals surface area contributed by atoms with Crippen LogP contribution in [0, 0.1) is 57.2 Å². The van der Waals surface area contributed by atoms with Gasteiger partial charge in [-0.2, -0.15) is 0 Å². The molecular formula is C30H51O12S3-3. The van der Waals surface area contributed by atoms with Crippen molar-refractivity contribution in [2.24, 2.45) is 57.2 Å². The summed E-state index contributed by atoms with van der Waals surface area (Å²) in [6.07, 6.45) is 0.938. The topological polar surface area (TPSA) is 199 Å². The predicted octanol–water partition coefficient (Wildman–Crippen LogP) is 4.89. The van der Waals surface area contributed by atoms with Crippen LogP contribution < -0.4 is 0 Å². The van der Waals surface area contributed by atoms with Crippen LogP contribution in [0.25, 0.3) is 0 Å². The average Bonchev–Trinajstić information content (AvgIpc) is 3.19. The van der Waals surface area contributed by atoms with Crippen LogP contribution in [0.5, 0.6) is 0 Å². The lowest BCUT2D eigenvalue weighted by Crippen LogP contribution is -2.66. The molecule has 4 fully saturated rings. The van der Waals surface area contributed by atoms with E-state index in [9.17, 15) is 38.9 Å². The van der Waals surface area contributed by atoms with E-state index in [0.29, 0.717) is 24.2 Å². The number of hydrogen-bond acceptors (Lipinski definition) is 12. The van der Waals surface area contributed by atoms with E-state index in [-0.39, 0.29) is 41.9 Å². The Morgan fingerprint density at radius 1 is 0.689 bits per heavy atom. The van der Waals surface area contributed by atoms with Gasteiger partial charge in [0.25, 0.3) is 0 Å². The SMILES string of the molecule is CC(CC[C@@H](C)C1CC[C@H]2[C@@H]3C[C@H](OS(=O)(=O)[O-])[C@H]4C[C@H](OS(=O)(=O)[O-])[C@H](OS(=O)(=O)[O-])C[C@]4(C)[C@@]3(C)CC[C@]12C)C(C)(C)C. The first-order chi connectivity index (χ1) is 20.2. The van der Waals surface area contributed by atoms with E-state index in [1.807, 2.05) is 6.92 Å². The molecule has 0 saturated heterocycles. The zero-order valence-corrected chi connectivity index (χ0v) is 30.1. The molecule has 0 bridgehead atoms. The fourth-order valence-electron chi connectivity index (χ4n) is 10.5. The Balaban J connectivity index is 1.71. The van der Waals surface area contributed by atoms with Crippen molar-refractivity contribution in [3.8, 4) is 0 Å². The van der Waals surface area contributed by atoms with Crippen molar-refractivity contribution in [1.82, 2.24) is 0 Å². The van der Waals surface area contributed by atoms with E-state index in [1.165, 1.54) is 0 Å². The van der Waals surface area contributed by atoms with Crippen LogP contribution in [0.3, 0.4) is 0 Å². The molecule has 0 N–H and O–H groups in total. The summed E-state index contributed by atoms with van der Waals surface area (Å²) in [6.45, 7) is 17.7. The second-order valence-electron chi connectivity index (χ2n) is 16.5. The molecule has 4 aliphatic carbocycles. The Morgan fingerprint density at radius 3 is 1.73 bits per heavy atom.